The summed E-state index contributed by atoms with van der Waals surface area (Å²) in [6.45, 7) is 8.89. The van der Waals surface area contributed by atoms with Crippen LogP contribution in [0, 0.1) is 0 Å². The van der Waals surface area contributed by atoms with E-state index in [1.807, 2.05) is 0 Å². The van der Waals surface area contributed by atoms with Gasteiger partial charge in [0.2, 0.25) is 0 Å². The van der Waals surface area contributed by atoms with Crippen molar-refractivity contribution in [2.75, 3.05) is 0 Å². The molecule has 2 nitrogen and oxygen atoms in total. The molecule has 0 atom stereocenters. The summed E-state index contributed by atoms with van der Waals surface area (Å²) in [5.74, 6) is 0.0958. The van der Waals surface area contributed by atoms with E-state index in [2.05, 4.69) is 27.7 Å². The Bertz CT molecular complexity index is 232. The highest BCUT2D eigenvalue weighted by atomic mass is 28.4. The summed E-state index contributed by atoms with van der Waals surface area (Å²) >= 11 is 0. The van der Waals surface area contributed by atoms with Gasteiger partial charge in [-0.3, -0.25) is 4.79 Å². The van der Waals surface area contributed by atoms with Gasteiger partial charge >= 0.3 is 0 Å². The molecule has 0 bridgehead atoms. The molecule has 0 aliphatic rings. The van der Waals surface area contributed by atoms with Gasteiger partial charge in [0, 0.05) is 6.42 Å². The Labute approximate surface area is 134 Å². The zero-order chi connectivity index (χ0) is 16.0. The molecule has 126 valence electrons. The Morgan fingerprint density at radius 2 is 1.14 bits per heavy atom. The van der Waals surface area contributed by atoms with E-state index < -0.39 is 8.32 Å². The number of unbranched alkanes of at least 4 members (excludes halogenated alkanes) is 5. The standard InChI is InChI=1S/C18H38O2Si/c1-5-9-13-14-18(19)20-21(15-10-6-2,16-11-7-3)17-12-8-4/h5-17H2,1-4H3. The van der Waals surface area contributed by atoms with Crippen LogP contribution in [0.2, 0.25) is 18.1 Å². The molecule has 0 saturated carbocycles. The van der Waals surface area contributed by atoms with Gasteiger partial charge in [-0.25, -0.2) is 0 Å². The summed E-state index contributed by atoms with van der Waals surface area (Å²) in [6, 6.07) is 3.55. The molecule has 3 heteroatoms. The largest absolute Gasteiger partial charge is 0.519 e. The second-order valence-corrected chi connectivity index (χ2v) is 10.5. The van der Waals surface area contributed by atoms with Crippen LogP contribution in [0.15, 0.2) is 0 Å². The van der Waals surface area contributed by atoms with E-state index in [0.29, 0.717) is 6.42 Å². The molecule has 0 aliphatic heterocycles. The van der Waals surface area contributed by atoms with Crippen LogP contribution >= 0.6 is 0 Å². The predicted molar refractivity (Wildman–Crippen MR) is 95.1 cm³/mol. The van der Waals surface area contributed by atoms with E-state index in [0.717, 1.165) is 19.3 Å². The van der Waals surface area contributed by atoms with Crippen molar-refractivity contribution >= 4 is 14.3 Å². The SMILES string of the molecule is CCCCCC(=O)O[Si](CCCC)(CCCC)CCCC. The molecular weight excluding hydrogens is 276 g/mol. The molecule has 0 rings (SSSR count). The predicted octanol–water partition coefficient (Wildman–Crippen LogP) is 6.46. The first-order valence-corrected chi connectivity index (χ1v) is 11.9. The summed E-state index contributed by atoms with van der Waals surface area (Å²) in [7, 11) is -1.83. The maximum atomic E-state index is 12.2. The first kappa shape index (κ1) is 20.7. The Kier molecular flexibility index (Phi) is 13.2. The van der Waals surface area contributed by atoms with Crippen LogP contribution < -0.4 is 0 Å². The van der Waals surface area contributed by atoms with Gasteiger partial charge in [-0.1, -0.05) is 79.1 Å². The van der Waals surface area contributed by atoms with Crippen LogP contribution in [0.3, 0.4) is 0 Å². The molecule has 0 aliphatic carbocycles. The van der Waals surface area contributed by atoms with Crippen LogP contribution in [-0.4, -0.2) is 14.3 Å². The Morgan fingerprint density at radius 3 is 1.52 bits per heavy atom. The molecule has 0 spiro atoms. The second kappa shape index (κ2) is 13.4. The summed E-state index contributed by atoms with van der Waals surface area (Å²) < 4.78 is 6.19. The second-order valence-electron chi connectivity index (χ2n) is 6.42. The lowest BCUT2D eigenvalue weighted by atomic mass is 10.2. The minimum Gasteiger partial charge on any atom is -0.519 e. The fourth-order valence-electron chi connectivity index (χ4n) is 2.84. The third kappa shape index (κ3) is 10.1. The number of hydrogen-bond donors (Lipinski definition) is 0. The zero-order valence-electron chi connectivity index (χ0n) is 15.0. The molecule has 0 fully saturated rings. The van der Waals surface area contributed by atoms with Crippen molar-refractivity contribution in [2.24, 2.45) is 0 Å². The van der Waals surface area contributed by atoms with Gasteiger partial charge in [-0.2, -0.15) is 0 Å². The average Bonchev–Trinajstić information content (AvgIpc) is 2.49. The maximum absolute atomic E-state index is 12.2. The highest BCUT2D eigenvalue weighted by Gasteiger charge is 2.36. The van der Waals surface area contributed by atoms with Crippen LogP contribution in [0.1, 0.15) is 91.9 Å². The third-order valence-electron chi connectivity index (χ3n) is 4.27. The lowest BCUT2D eigenvalue weighted by molar-refractivity contribution is -0.135. The molecule has 0 aromatic carbocycles. The minimum atomic E-state index is -1.83. The van der Waals surface area contributed by atoms with Crippen molar-refractivity contribution in [3.8, 4) is 0 Å². The van der Waals surface area contributed by atoms with E-state index in [9.17, 15) is 4.79 Å². The molecule has 0 aromatic heterocycles. The number of carbonyl (C=O) groups is 1. The zero-order valence-corrected chi connectivity index (χ0v) is 16.0. The van der Waals surface area contributed by atoms with E-state index in [4.69, 9.17) is 4.43 Å². The van der Waals surface area contributed by atoms with Crippen molar-refractivity contribution in [3.63, 3.8) is 0 Å². The molecule has 0 unspecified atom stereocenters. The van der Waals surface area contributed by atoms with Gasteiger partial charge in [0.05, 0.1) is 0 Å². The number of hydrogen-bond acceptors (Lipinski definition) is 2. The number of carbonyl (C=O) groups excluding carboxylic acids is 1. The molecular formula is C18H38O2Si. The third-order valence-corrected chi connectivity index (χ3v) is 8.73. The van der Waals surface area contributed by atoms with Gasteiger partial charge in [0.1, 0.15) is 0 Å². The highest BCUT2D eigenvalue weighted by molar-refractivity contribution is 6.75. The fourth-order valence-corrected chi connectivity index (χ4v) is 7.47. The molecule has 0 aromatic rings. The van der Waals surface area contributed by atoms with Gasteiger partial charge < -0.3 is 4.43 Å². The average molecular weight is 315 g/mol. The van der Waals surface area contributed by atoms with Crippen molar-refractivity contribution in [1.29, 1.82) is 0 Å². The van der Waals surface area contributed by atoms with Crippen molar-refractivity contribution in [1.82, 2.24) is 0 Å². The van der Waals surface area contributed by atoms with E-state index in [-0.39, 0.29) is 5.97 Å². The summed E-state index contributed by atoms with van der Waals surface area (Å²) in [5.41, 5.74) is 0. The van der Waals surface area contributed by atoms with Gasteiger partial charge in [-0.15, -0.1) is 0 Å². The van der Waals surface area contributed by atoms with E-state index in [1.165, 1.54) is 56.7 Å². The lowest BCUT2D eigenvalue weighted by Crippen LogP contribution is -2.40. The van der Waals surface area contributed by atoms with Crippen LogP contribution in [0.4, 0.5) is 0 Å². The molecule has 0 radical (unpaired) electrons. The topological polar surface area (TPSA) is 26.3 Å². The highest BCUT2D eigenvalue weighted by Crippen LogP contribution is 2.30. The van der Waals surface area contributed by atoms with Crippen LogP contribution in [-0.2, 0) is 9.22 Å². The van der Waals surface area contributed by atoms with Crippen molar-refractivity contribution < 1.29 is 9.22 Å². The maximum Gasteiger partial charge on any atom is 0.292 e. The van der Waals surface area contributed by atoms with Gasteiger partial charge in [-0.05, 0) is 24.6 Å². The molecule has 0 heterocycles. The monoisotopic (exact) mass is 314 g/mol. The van der Waals surface area contributed by atoms with E-state index in [1.54, 1.807) is 0 Å². The Balaban J connectivity index is 4.64. The molecule has 21 heavy (non-hydrogen) atoms. The molecule has 0 N–H and O–H groups in total. The Morgan fingerprint density at radius 1 is 0.714 bits per heavy atom. The van der Waals surface area contributed by atoms with Crippen LogP contribution in [0.5, 0.6) is 0 Å². The first-order chi connectivity index (χ1) is 10.1. The number of rotatable bonds is 14. The van der Waals surface area contributed by atoms with Gasteiger partial charge in [0.15, 0.2) is 0 Å². The van der Waals surface area contributed by atoms with Gasteiger partial charge in [0.25, 0.3) is 14.3 Å². The summed E-state index contributed by atoms with van der Waals surface area (Å²) in [5, 5.41) is 0. The quantitative estimate of drug-likeness (QED) is 0.272. The first-order valence-electron chi connectivity index (χ1n) is 9.36. The van der Waals surface area contributed by atoms with Crippen molar-refractivity contribution in [3.05, 3.63) is 0 Å². The summed E-state index contributed by atoms with van der Waals surface area (Å²) in [4.78, 5) is 12.2. The smallest absolute Gasteiger partial charge is 0.292 e. The normalized spacial score (nSPS) is 11.6. The Hall–Kier alpha value is -0.313. The van der Waals surface area contributed by atoms with E-state index >= 15 is 0 Å². The molecule has 0 saturated heterocycles. The summed E-state index contributed by atoms with van der Waals surface area (Å²) in [6.07, 6.45) is 11.2. The van der Waals surface area contributed by atoms with Crippen LogP contribution in [0.25, 0.3) is 0 Å². The fraction of sp³-hybridized carbons (Fsp3) is 0.944. The minimum absolute atomic E-state index is 0.0958. The van der Waals surface area contributed by atoms with Crippen molar-refractivity contribution in [2.45, 2.75) is 110 Å². The lowest BCUT2D eigenvalue weighted by Gasteiger charge is -2.31. The molecule has 0 amide bonds.